The summed E-state index contributed by atoms with van der Waals surface area (Å²) >= 11 is 0. The van der Waals surface area contributed by atoms with Gasteiger partial charge in [0.1, 0.15) is 0 Å². The first kappa shape index (κ1) is 15.8. The van der Waals surface area contributed by atoms with E-state index in [9.17, 15) is 9.59 Å². The first-order valence-corrected chi connectivity index (χ1v) is 6.60. The average molecular weight is 279 g/mol. The summed E-state index contributed by atoms with van der Waals surface area (Å²) < 4.78 is 0. The SMILES string of the molecule is CCC(C)NC(=O)CCNc1cc(N)ccc1C(=O)O. The fourth-order valence-electron chi connectivity index (χ4n) is 1.65. The molecule has 1 aromatic rings. The van der Waals surface area contributed by atoms with Gasteiger partial charge in [-0.25, -0.2) is 4.79 Å². The van der Waals surface area contributed by atoms with E-state index < -0.39 is 5.97 Å². The highest BCUT2D eigenvalue weighted by Gasteiger charge is 2.11. The van der Waals surface area contributed by atoms with Crippen LogP contribution in [0.1, 0.15) is 37.0 Å². The number of carbonyl (C=O) groups is 2. The Hall–Kier alpha value is -2.24. The Kier molecular flexibility index (Phi) is 5.83. The van der Waals surface area contributed by atoms with Gasteiger partial charge in [-0.1, -0.05) is 6.92 Å². The van der Waals surface area contributed by atoms with E-state index in [0.717, 1.165) is 6.42 Å². The van der Waals surface area contributed by atoms with Gasteiger partial charge in [0, 0.05) is 24.7 Å². The van der Waals surface area contributed by atoms with Crippen LogP contribution in [-0.2, 0) is 4.79 Å². The van der Waals surface area contributed by atoms with E-state index in [1.54, 1.807) is 6.07 Å². The van der Waals surface area contributed by atoms with Crippen LogP contribution in [0.25, 0.3) is 0 Å². The Morgan fingerprint density at radius 2 is 2.10 bits per heavy atom. The number of rotatable bonds is 7. The molecule has 110 valence electrons. The summed E-state index contributed by atoms with van der Waals surface area (Å²) in [4.78, 5) is 22.7. The molecule has 1 rings (SSSR count). The molecule has 6 heteroatoms. The van der Waals surface area contributed by atoms with Crippen molar-refractivity contribution in [3.63, 3.8) is 0 Å². The zero-order chi connectivity index (χ0) is 15.1. The molecule has 0 spiro atoms. The van der Waals surface area contributed by atoms with Crippen molar-refractivity contribution in [3.8, 4) is 0 Å². The van der Waals surface area contributed by atoms with Crippen LogP contribution in [-0.4, -0.2) is 29.6 Å². The third kappa shape index (κ3) is 4.79. The Bertz CT molecular complexity index is 489. The minimum absolute atomic E-state index is 0.0624. The lowest BCUT2D eigenvalue weighted by molar-refractivity contribution is -0.121. The van der Waals surface area contributed by atoms with Crippen LogP contribution in [0.2, 0.25) is 0 Å². The zero-order valence-electron chi connectivity index (χ0n) is 11.8. The van der Waals surface area contributed by atoms with E-state index in [2.05, 4.69) is 10.6 Å². The molecule has 1 unspecified atom stereocenters. The summed E-state index contributed by atoms with van der Waals surface area (Å²) in [6, 6.07) is 4.67. The van der Waals surface area contributed by atoms with Crippen LogP contribution in [0.3, 0.4) is 0 Å². The monoisotopic (exact) mass is 279 g/mol. The van der Waals surface area contributed by atoms with Gasteiger partial charge in [0.15, 0.2) is 0 Å². The quantitative estimate of drug-likeness (QED) is 0.568. The fraction of sp³-hybridized carbons (Fsp3) is 0.429. The highest BCUT2D eigenvalue weighted by atomic mass is 16.4. The number of carboxylic acids is 1. The second kappa shape index (κ2) is 7.37. The summed E-state index contributed by atoms with van der Waals surface area (Å²) in [5, 5.41) is 14.8. The smallest absolute Gasteiger partial charge is 0.337 e. The molecule has 0 fully saturated rings. The minimum Gasteiger partial charge on any atom is -0.478 e. The summed E-state index contributed by atoms with van der Waals surface area (Å²) in [5.74, 6) is -1.09. The molecule has 6 nitrogen and oxygen atoms in total. The van der Waals surface area contributed by atoms with Gasteiger partial charge in [0.05, 0.1) is 11.3 Å². The molecule has 0 bridgehead atoms. The summed E-state index contributed by atoms with van der Waals surface area (Å²) in [5.41, 5.74) is 6.67. The average Bonchev–Trinajstić information content (AvgIpc) is 2.38. The summed E-state index contributed by atoms with van der Waals surface area (Å²) in [6.45, 7) is 4.28. The van der Waals surface area contributed by atoms with E-state index in [-0.39, 0.29) is 23.9 Å². The number of nitrogens with two attached hydrogens (primary N) is 1. The Balaban J connectivity index is 2.55. The van der Waals surface area contributed by atoms with Crippen LogP contribution in [0.15, 0.2) is 18.2 Å². The second-order valence-corrected chi connectivity index (χ2v) is 4.66. The molecule has 0 aromatic heterocycles. The maximum atomic E-state index is 11.6. The minimum atomic E-state index is -1.03. The van der Waals surface area contributed by atoms with Crippen molar-refractivity contribution in [1.29, 1.82) is 0 Å². The molecular weight excluding hydrogens is 258 g/mol. The molecule has 20 heavy (non-hydrogen) atoms. The summed E-state index contributed by atoms with van der Waals surface area (Å²) in [6.07, 6.45) is 1.15. The summed E-state index contributed by atoms with van der Waals surface area (Å²) in [7, 11) is 0. The predicted molar refractivity (Wildman–Crippen MR) is 78.8 cm³/mol. The number of nitrogen functional groups attached to an aromatic ring is 1. The van der Waals surface area contributed by atoms with Crippen molar-refractivity contribution in [3.05, 3.63) is 23.8 Å². The maximum absolute atomic E-state index is 11.6. The first-order chi connectivity index (χ1) is 9.43. The van der Waals surface area contributed by atoms with Gasteiger partial charge in [-0.2, -0.15) is 0 Å². The number of hydrogen-bond donors (Lipinski definition) is 4. The second-order valence-electron chi connectivity index (χ2n) is 4.66. The number of benzene rings is 1. The van der Waals surface area contributed by atoms with Gasteiger partial charge < -0.3 is 21.5 Å². The molecule has 0 aliphatic rings. The highest BCUT2D eigenvalue weighted by molar-refractivity contribution is 5.95. The molecular formula is C14H21N3O3. The zero-order valence-corrected chi connectivity index (χ0v) is 11.8. The van der Waals surface area contributed by atoms with Crippen LogP contribution in [0.4, 0.5) is 11.4 Å². The van der Waals surface area contributed by atoms with Crippen LogP contribution in [0, 0.1) is 0 Å². The predicted octanol–water partition coefficient (Wildman–Crippen LogP) is 1.68. The maximum Gasteiger partial charge on any atom is 0.337 e. The van der Waals surface area contributed by atoms with Gasteiger partial charge in [-0.05, 0) is 31.5 Å². The molecule has 1 atom stereocenters. The van der Waals surface area contributed by atoms with Crippen molar-refractivity contribution >= 4 is 23.3 Å². The topological polar surface area (TPSA) is 104 Å². The lowest BCUT2D eigenvalue weighted by Crippen LogP contribution is -2.33. The Morgan fingerprint density at radius 1 is 1.40 bits per heavy atom. The van der Waals surface area contributed by atoms with Crippen LogP contribution >= 0.6 is 0 Å². The standard InChI is InChI=1S/C14H21N3O3/c1-3-9(2)17-13(18)6-7-16-12-8-10(15)4-5-11(12)14(19)20/h4-5,8-9,16H,3,6-7,15H2,1-2H3,(H,17,18)(H,19,20). The number of hydrogen-bond acceptors (Lipinski definition) is 4. The van der Waals surface area contributed by atoms with Gasteiger partial charge in [-0.15, -0.1) is 0 Å². The fourth-order valence-corrected chi connectivity index (χ4v) is 1.65. The van der Waals surface area contributed by atoms with Crippen molar-refractivity contribution in [2.45, 2.75) is 32.7 Å². The normalized spacial score (nSPS) is 11.7. The van der Waals surface area contributed by atoms with Crippen molar-refractivity contribution in [2.24, 2.45) is 0 Å². The molecule has 5 N–H and O–H groups in total. The molecule has 1 aromatic carbocycles. The molecule has 0 aliphatic carbocycles. The van der Waals surface area contributed by atoms with Crippen LogP contribution < -0.4 is 16.4 Å². The van der Waals surface area contributed by atoms with E-state index >= 15 is 0 Å². The van der Waals surface area contributed by atoms with Crippen molar-refractivity contribution in [2.75, 3.05) is 17.6 Å². The molecule has 1 amide bonds. The Labute approximate surface area is 118 Å². The van der Waals surface area contributed by atoms with Crippen molar-refractivity contribution in [1.82, 2.24) is 5.32 Å². The highest BCUT2D eigenvalue weighted by Crippen LogP contribution is 2.19. The van der Waals surface area contributed by atoms with E-state index in [0.29, 0.717) is 17.9 Å². The number of anilines is 2. The number of nitrogens with one attached hydrogen (secondary N) is 2. The van der Waals surface area contributed by atoms with Gasteiger partial charge in [-0.3, -0.25) is 4.79 Å². The third-order valence-corrected chi connectivity index (χ3v) is 2.96. The first-order valence-electron chi connectivity index (χ1n) is 6.60. The lowest BCUT2D eigenvalue weighted by Gasteiger charge is -2.13. The largest absolute Gasteiger partial charge is 0.478 e. The molecule has 0 saturated heterocycles. The third-order valence-electron chi connectivity index (χ3n) is 2.96. The van der Waals surface area contributed by atoms with E-state index in [4.69, 9.17) is 10.8 Å². The Morgan fingerprint density at radius 3 is 2.70 bits per heavy atom. The molecule has 0 heterocycles. The van der Waals surface area contributed by atoms with Crippen LogP contribution in [0.5, 0.6) is 0 Å². The number of amides is 1. The van der Waals surface area contributed by atoms with Gasteiger partial charge >= 0.3 is 5.97 Å². The number of aromatic carboxylic acids is 1. The molecule has 0 aliphatic heterocycles. The molecule has 0 saturated carbocycles. The van der Waals surface area contributed by atoms with Gasteiger partial charge in [0.2, 0.25) is 5.91 Å². The number of carbonyl (C=O) groups excluding carboxylic acids is 1. The molecule has 0 radical (unpaired) electrons. The van der Waals surface area contributed by atoms with E-state index in [1.165, 1.54) is 12.1 Å². The lowest BCUT2D eigenvalue weighted by atomic mass is 10.1. The van der Waals surface area contributed by atoms with E-state index in [1.807, 2.05) is 13.8 Å². The number of carboxylic acid groups (broad SMARTS) is 1. The van der Waals surface area contributed by atoms with Crippen molar-refractivity contribution < 1.29 is 14.7 Å². The van der Waals surface area contributed by atoms with Gasteiger partial charge in [0.25, 0.3) is 0 Å².